The summed E-state index contributed by atoms with van der Waals surface area (Å²) in [7, 11) is 0. The molecular formula is C84H159NO5. The maximum absolute atomic E-state index is 12.5. The van der Waals surface area contributed by atoms with Crippen LogP contribution in [0, 0.1) is 0 Å². The van der Waals surface area contributed by atoms with E-state index in [1.807, 2.05) is 6.08 Å². The predicted molar refractivity (Wildman–Crippen MR) is 398 cm³/mol. The highest BCUT2D eigenvalue weighted by atomic mass is 16.5. The molecule has 0 aromatic rings. The van der Waals surface area contributed by atoms with Crippen molar-refractivity contribution in [2.75, 3.05) is 13.2 Å². The van der Waals surface area contributed by atoms with E-state index in [-0.39, 0.29) is 18.5 Å². The smallest absolute Gasteiger partial charge is 0.305 e. The first-order valence-corrected chi connectivity index (χ1v) is 40.9. The number of carbonyl (C=O) groups excluding carboxylic acids is 2. The fourth-order valence-corrected chi connectivity index (χ4v) is 12.8. The number of allylic oxidation sites excluding steroid dienone is 7. The summed E-state index contributed by atoms with van der Waals surface area (Å²) >= 11 is 0. The van der Waals surface area contributed by atoms with Gasteiger partial charge in [0.25, 0.3) is 0 Å². The Balaban J connectivity index is 3.36. The maximum atomic E-state index is 12.5. The zero-order valence-corrected chi connectivity index (χ0v) is 60.9. The molecule has 0 saturated carbocycles. The largest absolute Gasteiger partial charge is 0.466 e. The summed E-state index contributed by atoms with van der Waals surface area (Å²) in [5, 5.41) is 23.2. The van der Waals surface area contributed by atoms with Crippen molar-refractivity contribution in [1.82, 2.24) is 5.32 Å². The van der Waals surface area contributed by atoms with Crippen LogP contribution in [0.25, 0.3) is 0 Å². The molecular weight excluding hydrogens is 1100 g/mol. The van der Waals surface area contributed by atoms with Gasteiger partial charge < -0.3 is 20.3 Å². The maximum Gasteiger partial charge on any atom is 0.305 e. The molecule has 1 amide bonds. The molecule has 3 N–H and O–H groups in total. The van der Waals surface area contributed by atoms with E-state index < -0.39 is 12.1 Å². The van der Waals surface area contributed by atoms with Crippen molar-refractivity contribution < 1.29 is 24.5 Å². The summed E-state index contributed by atoms with van der Waals surface area (Å²) in [4.78, 5) is 24.6. The van der Waals surface area contributed by atoms with Gasteiger partial charge in [-0.25, -0.2) is 0 Å². The Labute approximate surface area is 563 Å². The van der Waals surface area contributed by atoms with Gasteiger partial charge in [0.15, 0.2) is 0 Å². The van der Waals surface area contributed by atoms with Gasteiger partial charge in [-0.05, 0) is 89.9 Å². The molecule has 6 heteroatoms. The van der Waals surface area contributed by atoms with Crippen LogP contribution in [0.5, 0.6) is 0 Å². The Hall–Kier alpha value is -2.18. The van der Waals surface area contributed by atoms with E-state index in [0.717, 1.165) is 44.9 Å². The van der Waals surface area contributed by atoms with E-state index in [4.69, 9.17) is 4.74 Å². The van der Waals surface area contributed by atoms with Crippen LogP contribution < -0.4 is 5.32 Å². The number of ether oxygens (including phenoxy) is 1. The summed E-state index contributed by atoms with van der Waals surface area (Å²) in [6.45, 7) is 4.94. The minimum Gasteiger partial charge on any atom is -0.466 e. The Morgan fingerprint density at radius 2 is 0.556 bits per heavy atom. The van der Waals surface area contributed by atoms with E-state index in [2.05, 4.69) is 55.6 Å². The second-order valence-corrected chi connectivity index (χ2v) is 28.1. The lowest BCUT2D eigenvalue weighted by Gasteiger charge is -2.20. The molecule has 6 nitrogen and oxygen atoms in total. The van der Waals surface area contributed by atoms with Gasteiger partial charge in [0.2, 0.25) is 5.91 Å². The highest BCUT2D eigenvalue weighted by Gasteiger charge is 2.18. The highest BCUT2D eigenvalue weighted by molar-refractivity contribution is 5.76. The van der Waals surface area contributed by atoms with Gasteiger partial charge in [-0.3, -0.25) is 9.59 Å². The summed E-state index contributed by atoms with van der Waals surface area (Å²) in [5.41, 5.74) is 0. The number of amides is 1. The van der Waals surface area contributed by atoms with E-state index in [1.54, 1.807) is 6.08 Å². The van der Waals surface area contributed by atoms with Gasteiger partial charge in [0, 0.05) is 12.8 Å². The number of carbonyl (C=O) groups is 2. The lowest BCUT2D eigenvalue weighted by Crippen LogP contribution is -2.45. The molecule has 0 aliphatic carbocycles. The third-order valence-corrected chi connectivity index (χ3v) is 19.1. The van der Waals surface area contributed by atoms with Gasteiger partial charge in [-0.15, -0.1) is 0 Å². The van der Waals surface area contributed by atoms with Gasteiger partial charge in [-0.2, -0.15) is 0 Å². The Bertz CT molecular complexity index is 1500. The van der Waals surface area contributed by atoms with Crippen molar-refractivity contribution in [2.24, 2.45) is 0 Å². The summed E-state index contributed by atoms with van der Waals surface area (Å²) in [6, 6.07) is -0.627. The number of esters is 1. The number of hydrogen-bond acceptors (Lipinski definition) is 5. The first kappa shape index (κ1) is 87.8. The molecule has 90 heavy (non-hydrogen) atoms. The fourth-order valence-electron chi connectivity index (χ4n) is 12.8. The number of nitrogens with one attached hydrogen (secondary N) is 1. The number of hydrogen-bond donors (Lipinski definition) is 3. The molecule has 0 radical (unpaired) electrons. The standard InChI is InChI=1S/C84H159NO5/c1-3-5-7-9-11-13-15-17-19-21-41-46-50-54-58-62-66-70-74-78-84(89)90-79-75-71-67-63-59-55-51-47-43-40-38-36-34-32-30-28-26-24-22-23-25-27-29-31-33-35-37-39-42-45-49-53-57-61-65-69-73-77-83(88)85-81(80-86)82(87)76-72-68-64-60-56-52-48-44-20-18-16-14-12-10-8-6-4-2/h17,19,22,24,28,30,72,76,81-82,86-87H,3-16,18,20-21,23,25-27,29,31-71,73-75,77-80H2,1-2H3,(H,85,88)/b19-17-,24-22-,30-28-,76-72+. The SMILES string of the molecule is CCCCCCCC/C=C\CCCCCCCCCCCC(=O)OCCCCCCCCCCCCCCC/C=C\C/C=C\CCCCCCCCCCCCCCCCCCCC(=O)NC(CO)C(O)/C=C/CCCCCCCCCCCCCCCCC. The van der Waals surface area contributed by atoms with E-state index >= 15 is 0 Å². The number of rotatable bonds is 77. The average Bonchev–Trinajstić information content (AvgIpc) is 3.60. The van der Waals surface area contributed by atoms with Crippen molar-refractivity contribution in [3.8, 4) is 0 Å². The predicted octanol–water partition coefficient (Wildman–Crippen LogP) is 27.2. The van der Waals surface area contributed by atoms with Crippen molar-refractivity contribution in [1.29, 1.82) is 0 Å². The minimum atomic E-state index is -0.843. The topological polar surface area (TPSA) is 95.9 Å². The molecule has 2 atom stereocenters. The van der Waals surface area contributed by atoms with Crippen LogP contribution in [0.2, 0.25) is 0 Å². The quantitative estimate of drug-likeness (QED) is 0.0320. The van der Waals surface area contributed by atoms with Crippen molar-refractivity contribution >= 4 is 11.9 Å². The second-order valence-electron chi connectivity index (χ2n) is 28.1. The highest BCUT2D eigenvalue weighted by Crippen LogP contribution is 2.19. The lowest BCUT2D eigenvalue weighted by atomic mass is 10.0. The molecule has 0 rings (SSSR count). The molecule has 0 aliphatic rings. The molecule has 0 aliphatic heterocycles. The molecule has 0 spiro atoms. The second kappa shape index (κ2) is 79.3. The molecule has 530 valence electrons. The van der Waals surface area contributed by atoms with Crippen molar-refractivity contribution in [3.05, 3.63) is 48.6 Å². The first-order valence-electron chi connectivity index (χ1n) is 40.9. The molecule has 0 saturated heterocycles. The molecule has 0 heterocycles. The normalized spacial score (nSPS) is 12.7. The van der Waals surface area contributed by atoms with Crippen LogP contribution >= 0.6 is 0 Å². The Morgan fingerprint density at radius 1 is 0.311 bits per heavy atom. The number of aliphatic hydroxyl groups excluding tert-OH is 2. The zero-order valence-electron chi connectivity index (χ0n) is 60.9. The van der Waals surface area contributed by atoms with Gasteiger partial charge in [-0.1, -0.05) is 396 Å². The first-order chi connectivity index (χ1) is 44.5. The van der Waals surface area contributed by atoms with Crippen LogP contribution in [0.4, 0.5) is 0 Å². The molecule has 0 aromatic carbocycles. The van der Waals surface area contributed by atoms with E-state index in [1.165, 1.54) is 379 Å². The minimum absolute atomic E-state index is 0.0187. The molecule has 0 aromatic heterocycles. The van der Waals surface area contributed by atoms with E-state index in [0.29, 0.717) is 19.4 Å². The Kier molecular flexibility index (Phi) is 77.3. The third-order valence-electron chi connectivity index (χ3n) is 19.1. The van der Waals surface area contributed by atoms with Crippen LogP contribution in [-0.4, -0.2) is 47.4 Å². The third kappa shape index (κ3) is 74.9. The van der Waals surface area contributed by atoms with Crippen LogP contribution in [0.15, 0.2) is 48.6 Å². The fraction of sp³-hybridized carbons (Fsp3) is 0.881. The number of unbranched alkanes of at least 4 members (excludes halogenated alkanes) is 60. The zero-order chi connectivity index (χ0) is 64.9. The van der Waals surface area contributed by atoms with Crippen LogP contribution in [-0.2, 0) is 14.3 Å². The van der Waals surface area contributed by atoms with Gasteiger partial charge >= 0.3 is 5.97 Å². The van der Waals surface area contributed by atoms with E-state index in [9.17, 15) is 19.8 Å². The molecule has 0 fully saturated rings. The summed E-state index contributed by atoms with van der Waals surface area (Å²) in [6.07, 6.45) is 105. The number of aliphatic hydroxyl groups is 2. The monoisotopic (exact) mass is 1260 g/mol. The lowest BCUT2D eigenvalue weighted by molar-refractivity contribution is -0.143. The Morgan fingerprint density at radius 3 is 0.856 bits per heavy atom. The molecule has 2 unspecified atom stereocenters. The van der Waals surface area contributed by atoms with Gasteiger partial charge in [0.1, 0.15) is 0 Å². The van der Waals surface area contributed by atoms with Gasteiger partial charge in [0.05, 0.1) is 25.4 Å². The van der Waals surface area contributed by atoms with Crippen LogP contribution in [0.3, 0.4) is 0 Å². The van der Waals surface area contributed by atoms with Crippen LogP contribution in [0.1, 0.15) is 450 Å². The molecule has 0 bridgehead atoms. The summed E-state index contributed by atoms with van der Waals surface area (Å²) in [5.74, 6) is -0.0433. The van der Waals surface area contributed by atoms with Crippen molar-refractivity contribution in [3.63, 3.8) is 0 Å². The summed E-state index contributed by atoms with van der Waals surface area (Å²) < 4.78 is 5.52. The van der Waals surface area contributed by atoms with Crippen molar-refractivity contribution in [2.45, 2.75) is 463 Å². The average molecular weight is 1260 g/mol.